The molecule has 0 aliphatic rings. The Bertz CT molecular complexity index is 419. The van der Waals surface area contributed by atoms with Crippen molar-refractivity contribution >= 4 is 5.91 Å². The van der Waals surface area contributed by atoms with Crippen LogP contribution < -0.4 is 10.6 Å². The molecule has 0 aliphatic heterocycles. The van der Waals surface area contributed by atoms with E-state index in [9.17, 15) is 9.90 Å². The second-order valence-corrected chi connectivity index (χ2v) is 4.78. The molecular weight excluding hydrogens is 244 g/mol. The number of hydrogen-bond acceptors (Lipinski definition) is 4. The fourth-order valence-electron chi connectivity index (χ4n) is 1.61. The molecule has 106 valence electrons. The molecule has 0 unspecified atom stereocenters. The number of phenols is 2. The molecule has 0 radical (unpaired) electrons. The van der Waals surface area contributed by atoms with Crippen molar-refractivity contribution in [2.45, 2.75) is 32.7 Å². The first kappa shape index (κ1) is 15.3. The van der Waals surface area contributed by atoms with E-state index in [1.807, 2.05) is 0 Å². The molecule has 0 heterocycles. The Labute approximate surface area is 113 Å². The van der Waals surface area contributed by atoms with E-state index in [1.165, 1.54) is 18.2 Å². The summed E-state index contributed by atoms with van der Waals surface area (Å²) in [6.07, 6.45) is 1.90. The lowest BCUT2D eigenvalue weighted by atomic mass is 10.2. The minimum atomic E-state index is -0.284. The summed E-state index contributed by atoms with van der Waals surface area (Å²) in [5, 5.41) is 24.5. The van der Waals surface area contributed by atoms with Gasteiger partial charge < -0.3 is 20.8 Å². The lowest BCUT2D eigenvalue weighted by molar-refractivity contribution is 0.0952. The molecule has 0 spiro atoms. The van der Waals surface area contributed by atoms with Crippen LogP contribution in [0.3, 0.4) is 0 Å². The summed E-state index contributed by atoms with van der Waals surface area (Å²) in [6, 6.07) is 4.52. The zero-order chi connectivity index (χ0) is 14.3. The topological polar surface area (TPSA) is 81.6 Å². The first-order valence-corrected chi connectivity index (χ1v) is 6.54. The molecule has 1 rings (SSSR count). The van der Waals surface area contributed by atoms with Crippen molar-refractivity contribution in [3.05, 3.63) is 23.8 Å². The highest BCUT2D eigenvalue weighted by atomic mass is 16.3. The monoisotopic (exact) mass is 266 g/mol. The Morgan fingerprint density at radius 3 is 2.47 bits per heavy atom. The maximum atomic E-state index is 11.7. The van der Waals surface area contributed by atoms with Crippen LogP contribution in [0.5, 0.6) is 11.5 Å². The summed E-state index contributed by atoms with van der Waals surface area (Å²) in [4.78, 5) is 11.7. The van der Waals surface area contributed by atoms with Crippen molar-refractivity contribution in [2.75, 3.05) is 13.1 Å². The van der Waals surface area contributed by atoms with Crippen LogP contribution in [-0.2, 0) is 0 Å². The molecule has 19 heavy (non-hydrogen) atoms. The average molecular weight is 266 g/mol. The van der Waals surface area contributed by atoms with Gasteiger partial charge in [-0.25, -0.2) is 0 Å². The summed E-state index contributed by atoms with van der Waals surface area (Å²) in [7, 11) is 0. The van der Waals surface area contributed by atoms with Gasteiger partial charge in [-0.05, 0) is 37.6 Å². The Hall–Kier alpha value is -1.75. The normalized spacial score (nSPS) is 10.7. The smallest absolute Gasteiger partial charge is 0.251 e. The molecule has 0 aromatic heterocycles. The third-order valence-electron chi connectivity index (χ3n) is 2.68. The Balaban J connectivity index is 2.26. The van der Waals surface area contributed by atoms with Gasteiger partial charge in [-0.2, -0.15) is 0 Å². The van der Waals surface area contributed by atoms with E-state index in [2.05, 4.69) is 24.5 Å². The van der Waals surface area contributed by atoms with E-state index in [0.717, 1.165) is 19.4 Å². The van der Waals surface area contributed by atoms with Crippen LogP contribution >= 0.6 is 0 Å². The molecule has 4 N–H and O–H groups in total. The molecule has 0 fully saturated rings. The third kappa shape index (κ3) is 5.61. The fraction of sp³-hybridized carbons (Fsp3) is 0.500. The second kappa shape index (κ2) is 7.63. The molecule has 5 heteroatoms. The largest absolute Gasteiger partial charge is 0.504 e. The number of phenolic OH excluding ortho intramolecular Hbond substituents is 2. The van der Waals surface area contributed by atoms with Crippen molar-refractivity contribution < 1.29 is 15.0 Å². The number of carbonyl (C=O) groups excluding carboxylic acids is 1. The summed E-state index contributed by atoms with van der Waals surface area (Å²) in [6.45, 7) is 5.73. The number of nitrogens with one attached hydrogen (secondary N) is 2. The zero-order valence-corrected chi connectivity index (χ0v) is 11.4. The van der Waals surface area contributed by atoms with Gasteiger partial charge in [-0.15, -0.1) is 0 Å². The van der Waals surface area contributed by atoms with Gasteiger partial charge in [0.2, 0.25) is 0 Å². The highest BCUT2D eigenvalue weighted by Crippen LogP contribution is 2.24. The minimum Gasteiger partial charge on any atom is -0.504 e. The molecule has 5 nitrogen and oxygen atoms in total. The number of rotatable bonds is 7. The molecule has 1 aromatic carbocycles. The molecule has 0 bridgehead atoms. The number of amides is 1. The van der Waals surface area contributed by atoms with Crippen LogP contribution in [0.1, 0.15) is 37.0 Å². The van der Waals surface area contributed by atoms with Crippen molar-refractivity contribution in [1.82, 2.24) is 10.6 Å². The van der Waals surface area contributed by atoms with Crippen LogP contribution in [0, 0.1) is 0 Å². The molecule has 1 aromatic rings. The molecule has 0 saturated carbocycles. The highest BCUT2D eigenvalue weighted by Gasteiger charge is 2.07. The van der Waals surface area contributed by atoms with E-state index < -0.39 is 0 Å². The van der Waals surface area contributed by atoms with Crippen LogP contribution in [0.25, 0.3) is 0 Å². The third-order valence-corrected chi connectivity index (χ3v) is 2.68. The van der Waals surface area contributed by atoms with Crippen LogP contribution in [0.2, 0.25) is 0 Å². The Morgan fingerprint density at radius 1 is 1.16 bits per heavy atom. The maximum Gasteiger partial charge on any atom is 0.251 e. The predicted molar refractivity (Wildman–Crippen MR) is 74.5 cm³/mol. The standard InChI is InChI=1S/C14H22N2O3/c1-10(2)15-7-3-4-8-16-14(19)11-5-6-12(17)13(18)9-11/h5-6,9-10,15,17-18H,3-4,7-8H2,1-2H3,(H,16,19). The molecule has 0 aliphatic carbocycles. The van der Waals surface area contributed by atoms with E-state index >= 15 is 0 Å². The van der Waals surface area contributed by atoms with Crippen LogP contribution in [0.15, 0.2) is 18.2 Å². The number of benzene rings is 1. The second-order valence-electron chi connectivity index (χ2n) is 4.78. The lowest BCUT2D eigenvalue weighted by Gasteiger charge is -2.08. The van der Waals surface area contributed by atoms with Gasteiger partial charge in [-0.1, -0.05) is 13.8 Å². The quantitative estimate of drug-likeness (QED) is 0.446. The zero-order valence-electron chi connectivity index (χ0n) is 11.4. The first-order chi connectivity index (χ1) is 9.00. The summed E-state index contributed by atoms with van der Waals surface area (Å²) in [5.41, 5.74) is 0.343. The van der Waals surface area contributed by atoms with Gasteiger partial charge in [0, 0.05) is 18.2 Å². The average Bonchev–Trinajstić information content (AvgIpc) is 2.36. The van der Waals surface area contributed by atoms with Gasteiger partial charge in [0.1, 0.15) is 0 Å². The molecule has 0 saturated heterocycles. The fourth-order valence-corrected chi connectivity index (χ4v) is 1.61. The van der Waals surface area contributed by atoms with Gasteiger partial charge >= 0.3 is 0 Å². The van der Waals surface area contributed by atoms with Crippen molar-refractivity contribution in [2.24, 2.45) is 0 Å². The number of hydrogen-bond donors (Lipinski definition) is 4. The number of carbonyl (C=O) groups is 1. The van der Waals surface area contributed by atoms with E-state index in [-0.39, 0.29) is 17.4 Å². The van der Waals surface area contributed by atoms with Gasteiger partial charge in [0.25, 0.3) is 5.91 Å². The molecule has 1 amide bonds. The van der Waals surface area contributed by atoms with E-state index in [0.29, 0.717) is 18.2 Å². The van der Waals surface area contributed by atoms with Crippen molar-refractivity contribution in [1.29, 1.82) is 0 Å². The summed E-state index contributed by atoms with van der Waals surface area (Å²) < 4.78 is 0. The minimum absolute atomic E-state index is 0.226. The number of aromatic hydroxyl groups is 2. The van der Waals surface area contributed by atoms with Crippen molar-refractivity contribution in [3.8, 4) is 11.5 Å². The molecule has 0 atom stereocenters. The van der Waals surface area contributed by atoms with Gasteiger partial charge in [-0.3, -0.25) is 4.79 Å². The van der Waals surface area contributed by atoms with E-state index in [1.54, 1.807) is 0 Å². The SMILES string of the molecule is CC(C)NCCCCNC(=O)c1ccc(O)c(O)c1. The Morgan fingerprint density at radius 2 is 1.84 bits per heavy atom. The highest BCUT2D eigenvalue weighted by molar-refractivity contribution is 5.94. The van der Waals surface area contributed by atoms with E-state index in [4.69, 9.17) is 5.11 Å². The summed E-state index contributed by atoms with van der Waals surface area (Å²) in [5.74, 6) is -0.753. The van der Waals surface area contributed by atoms with Crippen LogP contribution in [-0.4, -0.2) is 35.3 Å². The number of unbranched alkanes of at least 4 members (excludes halogenated alkanes) is 1. The molecular formula is C14H22N2O3. The lowest BCUT2D eigenvalue weighted by Crippen LogP contribution is -2.27. The van der Waals surface area contributed by atoms with Crippen LogP contribution in [0.4, 0.5) is 0 Å². The van der Waals surface area contributed by atoms with Gasteiger partial charge in [0.15, 0.2) is 11.5 Å². The first-order valence-electron chi connectivity index (χ1n) is 6.54. The Kier molecular flexibility index (Phi) is 6.15. The van der Waals surface area contributed by atoms with Gasteiger partial charge in [0.05, 0.1) is 0 Å². The summed E-state index contributed by atoms with van der Waals surface area (Å²) >= 11 is 0. The van der Waals surface area contributed by atoms with Crippen molar-refractivity contribution in [3.63, 3.8) is 0 Å². The maximum absolute atomic E-state index is 11.7. The predicted octanol–water partition coefficient (Wildman–Crippen LogP) is 1.61.